The highest BCUT2D eigenvalue weighted by Crippen LogP contribution is 2.47. The minimum absolute atomic E-state index is 0.520. The fourth-order valence-corrected chi connectivity index (χ4v) is 3.01. The third kappa shape index (κ3) is 3.87. The maximum Gasteiger partial charge on any atom is 0.191 e. The summed E-state index contributed by atoms with van der Waals surface area (Å²) in [5.41, 5.74) is 1.47. The van der Waals surface area contributed by atoms with Gasteiger partial charge in [0.05, 0.1) is 0 Å². The Kier molecular flexibility index (Phi) is 4.59. The van der Waals surface area contributed by atoms with Crippen LogP contribution in [0.4, 0.5) is 0 Å². The van der Waals surface area contributed by atoms with Crippen molar-refractivity contribution in [3.63, 3.8) is 0 Å². The topological polar surface area (TPSA) is 36.4 Å². The van der Waals surface area contributed by atoms with Crippen LogP contribution in [0.5, 0.6) is 0 Å². The lowest BCUT2D eigenvalue weighted by Gasteiger charge is -2.16. The quantitative estimate of drug-likeness (QED) is 0.495. The van der Waals surface area contributed by atoms with Crippen LogP contribution in [-0.2, 0) is 0 Å². The molecule has 0 heterocycles. The molecule has 0 radical (unpaired) electrons. The SMILES string of the molecule is CCNC(=NCC1CC1c1ccccc1)NC1CC=CC1. The van der Waals surface area contributed by atoms with Gasteiger partial charge in [0, 0.05) is 19.1 Å². The standard InChI is InChI=1S/C18H25N3/c1-2-19-18(21-16-10-6-7-11-16)20-13-15-12-17(15)14-8-4-3-5-9-14/h3-9,15-17H,2,10-13H2,1H3,(H2,19,20,21). The highest BCUT2D eigenvalue weighted by Gasteiger charge is 2.37. The summed E-state index contributed by atoms with van der Waals surface area (Å²) in [6.45, 7) is 3.96. The second kappa shape index (κ2) is 6.79. The van der Waals surface area contributed by atoms with Crippen LogP contribution in [0.25, 0.3) is 0 Å². The van der Waals surface area contributed by atoms with Gasteiger partial charge in [-0.1, -0.05) is 42.5 Å². The normalized spacial score (nSPS) is 25.1. The highest BCUT2D eigenvalue weighted by molar-refractivity contribution is 5.80. The molecule has 1 aromatic rings. The number of nitrogens with zero attached hydrogens (tertiary/aromatic N) is 1. The van der Waals surface area contributed by atoms with Gasteiger partial charge in [0.2, 0.25) is 0 Å². The van der Waals surface area contributed by atoms with Crippen molar-refractivity contribution in [2.24, 2.45) is 10.9 Å². The lowest BCUT2D eigenvalue weighted by atomic mass is 10.1. The minimum Gasteiger partial charge on any atom is -0.357 e. The van der Waals surface area contributed by atoms with E-state index >= 15 is 0 Å². The van der Waals surface area contributed by atoms with Crippen molar-refractivity contribution in [1.29, 1.82) is 0 Å². The highest BCUT2D eigenvalue weighted by atomic mass is 15.2. The van der Waals surface area contributed by atoms with Gasteiger partial charge in [-0.05, 0) is 43.6 Å². The molecule has 2 aliphatic rings. The molecular weight excluding hydrogens is 258 g/mol. The molecule has 0 spiro atoms. The molecule has 2 N–H and O–H groups in total. The molecule has 2 unspecified atom stereocenters. The van der Waals surface area contributed by atoms with Gasteiger partial charge in [-0.15, -0.1) is 0 Å². The Balaban J connectivity index is 1.51. The van der Waals surface area contributed by atoms with E-state index in [4.69, 9.17) is 4.99 Å². The number of rotatable bonds is 5. The maximum absolute atomic E-state index is 4.78. The van der Waals surface area contributed by atoms with Crippen molar-refractivity contribution in [2.75, 3.05) is 13.1 Å². The van der Waals surface area contributed by atoms with Gasteiger partial charge in [-0.3, -0.25) is 4.99 Å². The van der Waals surface area contributed by atoms with E-state index in [0.29, 0.717) is 17.9 Å². The molecule has 3 heteroatoms. The lowest BCUT2D eigenvalue weighted by molar-refractivity contribution is 0.631. The molecule has 3 rings (SSSR count). The van der Waals surface area contributed by atoms with E-state index < -0.39 is 0 Å². The van der Waals surface area contributed by atoms with Gasteiger partial charge in [-0.2, -0.15) is 0 Å². The number of hydrogen-bond acceptors (Lipinski definition) is 1. The molecule has 0 amide bonds. The Hall–Kier alpha value is -1.77. The molecular formula is C18H25N3. The van der Waals surface area contributed by atoms with Crippen LogP contribution in [0.2, 0.25) is 0 Å². The van der Waals surface area contributed by atoms with Gasteiger partial charge < -0.3 is 10.6 Å². The largest absolute Gasteiger partial charge is 0.357 e. The molecule has 1 fully saturated rings. The minimum atomic E-state index is 0.520. The van der Waals surface area contributed by atoms with Crippen molar-refractivity contribution >= 4 is 5.96 Å². The average Bonchev–Trinajstić information content (AvgIpc) is 3.12. The summed E-state index contributed by atoms with van der Waals surface area (Å²) >= 11 is 0. The summed E-state index contributed by atoms with van der Waals surface area (Å²) in [6, 6.07) is 11.3. The van der Waals surface area contributed by atoms with Crippen molar-refractivity contribution in [2.45, 2.75) is 38.1 Å². The van der Waals surface area contributed by atoms with Crippen LogP contribution in [0.15, 0.2) is 47.5 Å². The van der Waals surface area contributed by atoms with Gasteiger partial charge in [0.1, 0.15) is 0 Å². The van der Waals surface area contributed by atoms with Crippen LogP contribution in [-0.4, -0.2) is 25.1 Å². The molecule has 0 saturated heterocycles. The van der Waals surface area contributed by atoms with Crippen molar-refractivity contribution in [3.8, 4) is 0 Å². The number of aliphatic imine (C=N–C) groups is 1. The molecule has 1 aromatic carbocycles. The van der Waals surface area contributed by atoms with Gasteiger partial charge in [-0.25, -0.2) is 0 Å². The number of guanidine groups is 1. The average molecular weight is 283 g/mol. The Labute approximate surface area is 127 Å². The van der Waals surface area contributed by atoms with E-state index in [0.717, 1.165) is 31.9 Å². The van der Waals surface area contributed by atoms with Crippen molar-refractivity contribution < 1.29 is 0 Å². The molecule has 2 aliphatic carbocycles. The van der Waals surface area contributed by atoms with Crippen LogP contribution >= 0.6 is 0 Å². The molecule has 3 nitrogen and oxygen atoms in total. The maximum atomic E-state index is 4.78. The molecule has 0 aliphatic heterocycles. The Morgan fingerprint density at radius 2 is 1.95 bits per heavy atom. The van der Waals surface area contributed by atoms with E-state index in [1.54, 1.807) is 0 Å². The first-order valence-corrected chi connectivity index (χ1v) is 8.11. The Morgan fingerprint density at radius 1 is 1.19 bits per heavy atom. The summed E-state index contributed by atoms with van der Waals surface area (Å²) in [6.07, 6.45) is 7.99. The predicted molar refractivity (Wildman–Crippen MR) is 88.6 cm³/mol. The van der Waals surface area contributed by atoms with E-state index in [2.05, 4.69) is 60.0 Å². The zero-order valence-corrected chi connectivity index (χ0v) is 12.8. The first-order valence-electron chi connectivity index (χ1n) is 8.11. The molecule has 21 heavy (non-hydrogen) atoms. The van der Waals surface area contributed by atoms with E-state index in [1.807, 2.05) is 0 Å². The zero-order chi connectivity index (χ0) is 14.5. The summed E-state index contributed by atoms with van der Waals surface area (Å²) in [4.78, 5) is 4.78. The van der Waals surface area contributed by atoms with E-state index in [9.17, 15) is 0 Å². The third-order valence-electron chi connectivity index (χ3n) is 4.33. The van der Waals surface area contributed by atoms with Crippen molar-refractivity contribution in [1.82, 2.24) is 10.6 Å². The lowest BCUT2D eigenvalue weighted by Crippen LogP contribution is -2.42. The Morgan fingerprint density at radius 3 is 2.67 bits per heavy atom. The molecule has 112 valence electrons. The molecule has 0 aromatic heterocycles. The third-order valence-corrected chi connectivity index (χ3v) is 4.33. The van der Waals surface area contributed by atoms with Gasteiger partial charge >= 0.3 is 0 Å². The number of hydrogen-bond donors (Lipinski definition) is 2. The van der Waals surface area contributed by atoms with Crippen LogP contribution in [0, 0.1) is 5.92 Å². The first-order chi connectivity index (χ1) is 10.4. The summed E-state index contributed by atoms with van der Waals surface area (Å²) in [7, 11) is 0. The first kappa shape index (κ1) is 14.2. The van der Waals surface area contributed by atoms with Crippen molar-refractivity contribution in [3.05, 3.63) is 48.0 Å². The summed E-state index contributed by atoms with van der Waals surface area (Å²) in [5, 5.41) is 6.89. The second-order valence-corrected chi connectivity index (χ2v) is 6.02. The fraction of sp³-hybridized carbons (Fsp3) is 0.500. The molecule has 1 saturated carbocycles. The second-order valence-electron chi connectivity index (χ2n) is 6.02. The fourth-order valence-electron chi connectivity index (χ4n) is 3.01. The van der Waals surface area contributed by atoms with E-state index in [1.165, 1.54) is 12.0 Å². The smallest absolute Gasteiger partial charge is 0.191 e. The summed E-state index contributed by atoms with van der Waals surface area (Å²) in [5.74, 6) is 2.40. The number of nitrogens with one attached hydrogen (secondary N) is 2. The monoisotopic (exact) mass is 283 g/mol. The number of benzene rings is 1. The van der Waals surface area contributed by atoms with Crippen LogP contribution in [0.3, 0.4) is 0 Å². The van der Waals surface area contributed by atoms with Gasteiger partial charge in [0.15, 0.2) is 5.96 Å². The van der Waals surface area contributed by atoms with Crippen LogP contribution < -0.4 is 10.6 Å². The molecule has 0 bridgehead atoms. The zero-order valence-electron chi connectivity index (χ0n) is 12.8. The summed E-state index contributed by atoms with van der Waals surface area (Å²) < 4.78 is 0. The Bertz CT molecular complexity index is 498. The predicted octanol–water partition coefficient (Wildman–Crippen LogP) is 3.06. The van der Waals surface area contributed by atoms with E-state index in [-0.39, 0.29) is 0 Å². The van der Waals surface area contributed by atoms with Crippen LogP contribution in [0.1, 0.15) is 37.7 Å². The van der Waals surface area contributed by atoms with Gasteiger partial charge in [0.25, 0.3) is 0 Å². The molecule has 2 atom stereocenters.